The zero-order valence-electron chi connectivity index (χ0n) is 12.7. The van der Waals surface area contributed by atoms with Crippen LogP contribution in [-0.4, -0.2) is 23.9 Å². The summed E-state index contributed by atoms with van der Waals surface area (Å²) in [4.78, 5) is 0. The van der Waals surface area contributed by atoms with Crippen LogP contribution >= 0.6 is 35.0 Å². The van der Waals surface area contributed by atoms with Gasteiger partial charge in [-0.05, 0) is 53.4 Å². The predicted molar refractivity (Wildman–Crippen MR) is 101 cm³/mol. The van der Waals surface area contributed by atoms with Gasteiger partial charge in [-0.3, -0.25) is 0 Å². The smallest absolute Gasteiger partial charge is 0.305 e. The summed E-state index contributed by atoms with van der Waals surface area (Å²) >= 11 is 13.1. The first-order chi connectivity index (χ1) is 11.2. The number of nitrogens with two attached hydrogens (primary N) is 1. The van der Waals surface area contributed by atoms with Crippen molar-refractivity contribution in [3.05, 3.63) is 69.7 Å². The Morgan fingerprint density at radius 3 is 1.92 bits per heavy atom. The van der Waals surface area contributed by atoms with Gasteiger partial charge < -0.3 is 24.0 Å². The number of rotatable bonds is 4. The number of hydrogen-bond acceptors (Lipinski definition) is 4. The average Bonchev–Trinajstić information content (AvgIpc) is 2.57. The zero-order chi connectivity index (χ0) is 16.5. The van der Waals surface area contributed by atoms with E-state index in [9.17, 15) is 0 Å². The lowest BCUT2D eigenvalue weighted by Crippen LogP contribution is -3.00. The Hall–Kier alpha value is -0.930. The van der Waals surface area contributed by atoms with Crippen LogP contribution in [0.1, 0.15) is 11.1 Å². The summed E-state index contributed by atoms with van der Waals surface area (Å²) in [5.41, 5.74) is 3.57. The third kappa shape index (κ3) is 7.76. The van der Waals surface area contributed by atoms with Crippen molar-refractivity contribution in [1.29, 1.82) is 0 Å². The lowest BCUT2D eigenvalue weighted by Gasteiger charge is -1.94. The zero-order valence-corrected chi connectivity index (χ0v) is 17.2. The molecule has 2 aromatic rings. The summed E-state index contributed by atoms with van der Waals surface area (Å²) in [5, 5.41) is 14.5. The van der Waals surface area contributed by atoms with Crippen LogP contribution in [0.2, 0.25) is 10.0 Å². The molecule has 0 aliphatic carbocycles. The summed E-state index contributed by atoms with van der Waals surface area (Å²) in [6, 6.07) is 14.8. The van der Waals surface area contributed by atoms with Crippen molar-refractivity contribution >= 4 is 52.6 Å². The maximum absolute atomic E-state index is 5.84. The largest absolute Gasteiger partial charge is 1.00 e. The van der Waals surface area contributed by atoms with Crippen molar-refractivity contribution < 1.29 is 29.4 Å². The molecule has 2 rings (SSSR count). The quantitative estimate of drug-likeness (QED) is 0.220. The number of thioether (sulfide) groups is 1. The van der Waals surface area contributed by atoms with E-state index in [1.165, 1.54) is 11.8 Å². The van der Waals surface area contributed by atoms with Crippen LogP contribution in [0.25, 0.3) is 0 Å². The number of nitrogens with zero attached hydrogens (tertiary/aromatic N) is 3. The van der Waals surface area contributed by atoms with E-state index in [-0.39, 0.29) is 24.0 Å². The van der Waals surface area contributed by atoms with E-state index in [0.717, 1.165) is 11.1 Å². The number of halogens is 3. The Morgan fingerprint density at radius 2 is 1.42 bits per heavy atom. The summed E-state index contributed by atoms with van der Waals surface area (Å²) in [7, 11) is 0. The molecule has 0 bridgehead atoms. The molecular weight excluding hydrogens is 478 g/mol. The molecule has 0 atom stereocenters. The molecule has 24 heavy (non-hydrogen) atoms. The Labute approximate surface area is 172 Å². The first kappa shape index (κ1) is 21.1. The average molecular weight is 493 g/mol. The number of benzene rings is 2. The van der Waals surface area contributed by atoms with E-state index in [1.807, 2.05) is 54.8 Å². The topological polar surface area (TPSA) is 53.7 Å². The Morgan fingerprint density at radius 1 is 0.917 bits per heavy atom. The molecule has 0 radical (unpaired) electrons. The van der Waals surface area contributed by atoms with Crippen molar-refractivity contribution in [3.8, 4) is 0 Å². The minimum Gasteiger partial charge on any atom is -1.00 e. The normalized spacial score (nSPS) is 11.9. The van der Waals surface area contributed by atoms with E-state index in [1.54, 1.807) is 17.9 Å². The molecule has 0 heterocycles. The second-order valence-electron chi connectivity index (χ2n) is 4.40. The fourth-order valence-corrected chi connectivity index (χ4v) is 2.10. The fraction of sp³-hybridized carbons (Fsp3) is 0.0625. The molecule has 0 saturated heterocycles. The first-order valence-electron chi connectivity index (χ1n) is 6.70. The van der Waals surface area contributed by atoms with Crippen molar-refractivity contribution in [3.63, 3.8) is 0 Å². The minimum absolute atomic E-state index is 0. The van der Waals surface area contributed by atoms with Crippen LogP contribution in [-0.2, 0) is 0 Å². The van der Waals surface area contributed by atoms with Gasteiger partial charge in [0.1, 0.15) is 0 Å². The van der Waals surface area contributed by atoms with Crippen LogP contribution in [0.3, 0.4) is 0 Å². The number of quaternary nitrogens is 1. The maximum atomic E-state index is 5.84. The third-order valence-electron chi connectivity index (χ3n) is 2.72. The van der Waals surface area contributed by atoms with Gasteiger partial charge in [0.05, 0.1) is 12.4 Å². The first-order valence-corrected chi connectivity index (χ1v) is 8.68. The molecule has 0 unspecified atom stereocenters. The van der Waals surface area contributed by atoms with E-state index < -0.39 is 0 Å². The van der Waals surface area contributed by atoms with Gasteiger partial charge in [0, 0.05) is 10.0 Å². The third-order valence-corrected chi connectivity index (χ3v) is 3.83. The SMILES string of the molecule is CS/C(=N/N=Cc1ccc(Cl)cc1)[NH2+]N=Cc1ccc(Cl)cc1.[I-]. The van der Waals surface area contributed by atoms with Crippen molar-refractivity contribution in [2.45, 2.75) is 0 Å². The Balaban J connectivity index is 0.00000288. The van der Waals surface area contributed by atoms with Crippen LogP contribution in [0, 0.1) is 0 Å². The molecule has 2 N–H and O–H groups in total. The van der Waals surface area contributed by atoms with E-state index in [2.05, 4.69) is 15.3 Å². The van der Waals surface area contributed by atoms with Gasteiger partial charge in [-0.1, -0.05) is 57.7 Å². The molecule has 0 saturated carbocycles. The molecule has 126 valence electrons. The van der Waals surface area contributed by atoms with E-state index in [4.69, 9.17) is 23.2 Å². The number of amidine groups is 1. The molecule has 0 amide bonds. The minimum atomic E-state index is 0. The highest BCUT2D eigenvalue weighted by atomic mass is 127. The van der Waals surface area contributed by atoms with Gasteiger partial charge in [0.15, 0.2) is 0 Å². The van der Waals surface area contributed by atoms with Crippen LogP contribution in [0.5, 0.6) is 0 Å². The summed E-state index contributed by atoms with van der Waals surface area (Å²) in [6.45, 7) is 0. The molecule has 0 spiro atoms. The monoisotopic (exact) mass is 492 g/mol. The molecule has 0 aliphatic heterocycles. The van der Waals surface area contributed by atoms with Gasteiger partial charge in [-0.25, -0.2) is 0 Å². The molecule has 0 aliphatic rings. The lowest BCUT2D eigenvalue weighted by molar-refractivity contribution is -0.539. The maximum Gasteiger partial charge on any atom is 0.305 e. The van der Waals surface area contributed by atoms with Gasteiger partial charge in [-0.2, -0.15) is 10.5 Å². The molecule has 8 heteroatoms. The second-order valence-corrected chi connectivity index (χ2v) is 6.10. The van der Waals surface area contributed by atoms with E-state index in [0.29, 0.717) is 15.2 Å². The van der Waals surface area contributed by atoms with Gasteiger partial charge in [0.2, 0.25) is 0 Å². The number of hydrogen-bond donors (Lipinski definition) is 1. The summed E-state index contributed by atoms with van der Waals surface area (Å²) in [6.07, 6.45) is 5.33. The van der Waals surface area contributed by atoms with Gasteiger partial charge in [-0.15, -0.1) is 0 Å². The Bertz CT molecular complexity index is 716. The lowest BCUT2D eigenvalue weighted by atomic mass is 10.2. The van der Waals surface area contributed by atoms with Crippen LogP contribution < -0.4 is 29.4 Å². The van der Waals surface area contributed by atoms with E-state index >= 15 is 0 Å². The van der Waals surface area contributed by atoms with Crippen molar-refractivity contribution in [2.75, 3.05) is 6.26 Å². The fourth-order valence-electron chi connectivity index (χ4n) is 1.56. The summed E-state index contributed by atoms with van der Waals surface area (Å²) < 4.78 is 0. The molecular formula is C16H15Cl2IN4S. The predicted octanol–water partition coefficient (Wildman–Crippen LogP) is 0.648. The van der Waals surface area contributed by atoms with Crippen molar-refractivity contribution in [2.24, 2.45) is 15.3 Å². The van der Waals surface area contributed by atoms with Gasteiger partial charge >= 0.3 is 5.17 Å². The highest BCUT2D eigenvalue weighted by Crippen LogP contribution is 2.08. The molecule has 0 fully saturated rings. The Kier molecular flexibility index (Phi) is 10.2. The van der Waals surface area contributed by atoms with Crippen molar-refractivity contribution in [1.82, 2.24) is 0 Å². The summed E-state index contributed by atoms with van der Waals surface area (Å²) in [5.74, 6) is 0. The van der Waals surface area contributed by atoms with Crippen LogP contribution in [0.4, 0.5) is 0 Å². The molecule has 0 aromatic heterocycles. The highest BCUT2D eigenvalue weighted by molar-refractivity contribution is 8.12. The van der Waals surface area contributed by atoms with Gasteiger partial charge in [0.25, 0.3) is 0 Å². The van der Waals surface area contributed by atoms with Crippen LogP contribution in [0.15, 0.2) is 63.8 Å². The molecule has 4 nitrogen and oxygen atoms in total. The standard InChI is InChI=1S/C16H14Cl2N4S.HI/c1-23-16(21-19-10-12-2-6-14(17)7-3-12)22-20-11-13-4-8-15(18)9-5-13;/h2-11H,1H3,(H,21,22);1H. The highest BCUT2D eigenvalue weighted by Gasteiger charge is 1.99. The second kappa shape index (κ2) is 11.6. The molecule has 2 aromatic carbocycles.